The van der Waals surface area contributed by atoms with Gasteiger partial charge in [-0.1, -0.05) is 18.2 Å². The van der Waals surface area contributed by atoms with Gasteiger partial charge in [0, 0.05) is 37.0 Å². The second-order valence-electron chi connectivity index (χ2n) is 6.93. The minimum Gasteiger partial charge on any atom is -0.504 e. The molecule has 0 spiro atoms. The number of hydrogen-bond acceptors (Lipinski definition) is 4. The zero-order valence-corrected chi connectivity index (χ0v) is 14.4. The highest BCUT2D eigenvalue weighted by Gasteiger charge is 2.22. The van der Waals surface area contributed by atoms with Crippen molar-refractivity contribution < 1.29 is 9.84 Å². The molecular formula is C21H24N2O2. The molecule has 0 radical (unpaired) electrons. The van der Waals surface area contributed by atoms with Crippen molar-refractivity contribution in [1.29, 1.82) is 0 Å². The van der Waals surface area contributed by atoms with E-state index in [0.29, 0.717) is 12.4 Å². The van der Waals surface area contributed by atoms with Crippen molar-refractivity contribution in [3.05, 3.63) is 54.2 Å². The lowest BCUT2D eigenvalue weighted by molar-refractivity contribution is 0.192. The van der Waals surface area contributed by atoms with Crippen LogP contribution in [0.3, 0.4) is 0 Å². The first-order valence-corrected chi connectivity index (χ1v) is 9.07. The summed E-state index contributed by atoms with van der Waals surface area (Å²) in [6, 6.07) is 9.69. The zero-order chi connectivity index (χ0) is 17.1. The molecule has 130 valence electrons. The number of aromatic hydroxyl groups is 1. The molecule has 4 rings (SSSR count). The number of rotatable bonds is 3. The fourth-order valence-electron chi connectivity index (χ4n) is 3.78. The summed E-state index contributed by atoms with van der Waals surface area (Å²) in [7, 11) is 0. The molecule has 1 N–H and O–H groups in total. The minimum atomic E-state index is 0.209. The van der Waals surface area contributed by atoms with E-state index in [-0.39, 0.29) is 5.75 Å². The Morgan fingerprint density at radius 1 is 1.24 bits per heavy atom. The average Bonchev–Trinajstić information content (AvgIpc) is 2.85. The zero-order valence-electron chi connectivity index (χ0n) is 14.4. The number of nitrogens with zero attached hydrogens (tertiary/aromatic N) is 2. The third kappa shape index (κ3) is 3.69. The summed E-state index contributed by atoms with van der Waals surface area (Å²) in [5.41, 5.74) is 2.85. The predicted octanol–water partition coefficient (Wildman–Crippen LogP) is 4.00. The van der Waals surface area contributed by atoms with Gasteiger partial charge in [-0.2, -0.15) is 0 Å². The first-order chi connectivity index (χ1) is 12.3. The molecule has 0 saturated carbocycles. The number of pyridine rings is 1. The molecule has 0 saturated heterocycles. The van der Waals surface area contributed by atoms with Crippen LogP contribution in [0.4, 0.5) is 0 Å². The van der Waals surface area contributed by atoms with Crippen LogP contribution in [0.2, 0.25) is 0 Å². The largest absolute Gasteiger partial charge is 0.504 e. The van der Waals surface area contributed by atoms with Crippen LogP contribution in [0.5, 0.6) is 11.5 Å². The standard InChI is InChI=1S/C21H24N2O2/c24-20-13-17(19-8-4-5-9-22-19)12-18-15-23(10-11-25-21(18)20)14-16-6-2-1-3-7-16/h1-2,4-5,8-9,12-13,16,24H,3,6-7,10-11,14-15H2. The summed E-state index contributed by atoms with van der Waals surface area (Å²) < 4.78 is 5.86. The van der Waals surface area contributed by atoms with E-state index in [0.717, 1.165) is 42.4 Å². The third-order valence-corrected chi connectivity index (χ3v) is 5.05. The maximum atomic E-state index is 10.5. The molecule has 1 aromatic heterocycles. The number of hydrogen-bond donors (Lipinski definition) is 1. The number of allylic oxidation sites excluding steroid dienone is 2. The molecule has 1 aliphatic heterocycles. The van der Waals surface area contributed by atoms with Crippen LogP contribution < -0.4 is 4.74 Å². The van der Waals surface area contributed by atoms with Crippen molar-refractivity contribution in [1.82, 2.24) is 9.88 Å². The Morgan fingerprint density at radius 3 is 3.00 bits per heavy atom. The summed E-state index contributed by atoms with van der Waals surface area (Å²) in [6.07, 6.45) is 9.99. The Balaban J connectivity index is 1.58. The Bertz CT molecular complexity index is 758. The van der Waals surface area contributed by atoms with E-state index in [1.165, 1.54) is 19.3 Å². The lowest BCUT2D eigenvalue weighted by Gasteiger charge is -2.26. The van der Waals surface area contributed by atoms with Crippen molar-refractivity contribution in [2.45, 2.75) is 25.8 Å². The fraction of sp³-hybridized carbons (Fsp3) is 0.381. The minimum absolute atomic E-state index is 0.209. The molecule has 25 heavy (non-hydrogen) atoms. The van der Waals surface area contributed by atoms with Gasteiger partial charge in [-0.05, 0) is 49.4 Å². The van der Waals surface area contributed by atoms with Crippen molar-refractivity contribution >= 4 is 0 Å². The van der Waals surface area contributed by atoms with Gasteiger partial charge in [0.15, 0.2) is 11.5 Å². The van der Waals surface area contributed by atoms with Gasteiger partial charge in [0.2, 0.25) is 0 Å². The lowest BCUT2D eigenvalue weighted by Crippen LogP contribution is -2.31. The monoisotopic (exact) mass is 336 g/mol. The Kier molecular flexibility index (Phi) is 4.70. The van der Waals surface area contributed by atoms with E-state index in [4.69, 9.17) is 4.74 Å². The quantitative estimate of drug-likeness (QED) is 0.861. The number of phenolic OH excluding ortho intramolecular Hbond substituents is 1. The number of phenols is 1. The molecule has 4 heteroatoms. The molecule has 2 heterocycles. The highest BCUT2D eigenvalue weighted by molar-refractivity contribution is 5.66. The van der Waals surface area contributed by atoms with E-state index >= 15 is 0 Å². The summed E-state index contributed by atoms with van der Waals surface area (Å²) >= 11 is 0. The Morgan fingerprint density at radius 2 is 2.20 bits per heavy atom. The first-order valence-electron chi connectivity index (χ1n) is 9.07. The molecule has 2 aromatic rings. The van der Waals surface area contributed by atoms with Crippen LogP contribution in [0.25, 0.3) is 11.3 Å². The van der Waals surface area contributed by atoms with Gasteiger partial charge in [-0.15, -0.1) is 0 Å². The van der Waals surface area contributed by atoms with Crippen LogP contribution in [0.1, 0.15) is 24.8 Å². The molecule has 1 unspecified atom stereocenters. The average molecular weight is 336 g/mol. The maximum absolute atomic E-state index is 10.5. The van der Waals surface area contributed by atoms with E-state index in [1.807, 2.05) is 18.2 Å². The molecule has 1 aromatic carbocycles. The second-order valence-corrected chi connectivity index (χ2v) is 6.93. The van der Waals surface area contributed by atoms with E-state index in [2.05, 4.69) is 28.1 Å². The normalized spacial score (nSPS) is 20.6. The molecule has 0 amide bonds. The van der Waals surface area contributed by atoms with Crippen LogP contribution in [-0.2, 0) is 6.54 Å². The van der Waals surface area contributed by atoms with E-state index in [9.17, 15) is 5.11 Å². The van der Waals surface area contributed by atoms with Crippen LogP contribution in [-0.4, -0.2) is 34.7 Å². The van der Waals surface area contributed by atoms with Gasteiger partial charge in [0.1, 0.15) is 6.61 Å². The Hall–Kier alpha value is -2.33. The molecule has 0 fully saturated rings. The summed E-state index contributed by atoms with van der Waals surface area (Å²) in [4.78, 5) is 6.86. The van der Waals surface area contributed by atoms with Gasteiger partial charge in [-0.25, -0.2) is 0 Å². The second kappa shape index (κ2) is 7.28. The first kappa shape index (κ1) is 16.2. The third-order valence-electron chi connectivity index (χ3n) is 5.05. The van der Waals surface area contributed by atoms with E-state index < -0.39 is 0 Å². The molecule has 4 nitrogen and oxygen atoms in total. The van der Waals surface area contributed by atoms with Crippen molar-refractivity contribution in [3.63, 3.8) is 0 Å². The number of benzene rings is 1. The lowest BCUT2D eigenvalue weighted by atomic mass is 9.93. The summed E-state index contributed by atoms with van der Waals surface area (Å²) in [5, 5.41) is 10.5. The molecule has 1 aliphatic carbocycles. The van der Waals surface area contributed by atoms with Crippen molar-refractivity contribution in [2.24, 2.45) is 5.92 Å². The molecule has 2 aliphatic rings. The number of fused-ring (bicyclic) bond motifs is 1. The van der Waals surface area contributed by atoms with Crippen molar-refractivity contribution in [3.8, 4) is 22.8 Å². The van der Waals surface area contributed by atoms with Gasteiger partial charge >= 0.3 is 0 Å². The van der Waals surface area contributed by atoms with Gasteiger partial charge < -0.3 is 9.84 Å². The van der Waals surface area contributed by atoms with Gasteiger partial charge in [0.05, 0.1) is 5.69 Å². The summed E-state index contributed by atoms with van der Waals surface area (Å²) in [5.74, 6) is 1.56. The topological polar surface area (TPSA) is 45.6 Å². The van der Waals surface area contributed by atoms with Crippen molar-refractivity contribution in [2.75, 3.05) is 19.7 Å². The molecule has 0 bridgehead atoms. The molecule has 1 atom stereocenters. The van der Waals surface area contributed by atoms with Gasteiger partial charge in [-0.3, -0.25) is 9.88 Å². The van der Waals surface area contributed by atoms with Gasteiger partial charge in [0.25, 0.3) is 0 Å². The number of ether oxygens (including phenoxy) is 1. The van der Waals surface area contributed by atoms with E-state index in [1.54, 1.807) is 12.3 Å². The predicted molar refractivity (Wildman–Crippen MR) is 98.6 cm³/mol. The molecular weight excluding hydrogens is 312 g/mol. The van der Waals surface area contributed by atoms with Crippen LogP contribution in [0, 0.1) is 5.92 Å². The van der Waals surface area contributed by atoms with Crippen LogP contribution in [0.15, 0.2) is 48.7 Å². The van der Waals surface area contributed by atoms with Crippen LogP contribution >= 0.6 is 0 Å². The Labute approximate surface area is 148 Å². The smallest absolute Gasteiger partial charge is 0.165 e. The number of aromatic nitrogens is 1. The maximum Gasteiger partial charge on any atom is 0.165 e. The fourth-order valence-corrected chi connectivity index (χ4v) is 3.78. The SMILES string of the molecule is Oc1cc(-c2ccccn2)cc2c1OCCN(CC1CC=CCC1)C2. The highest BCUT2D eigenvalue weighted by atomic mass is 16.5. The highest BCUT2D eigenvalue weighted by Crippen LogP contribution is 2.37. The summed E-state index contributed by atoms with van der Waals surface area (Å²) in [6.45, 7) is 3.41.